The highest BCUT2D eigenvalue weighted by Gasteiger charge is 2.31. The summed E-state index contributed by atoms with van der Waals surface area (Å²) in [7, 11) is 1.20. The van der Waals surface area contributed by atoms with Crippen LogP contribution in [0.4, 0.5) is 0 Å². The standard InChI is InChI=1S/C14H17O5/c1-14(2,3)13(16)19-12(11(15)17-4)18-10-8-6-5-7-9-10/h6-9,12H,1-4H3. The molecule has 1 atom stereocenters. The van der Waals surface area contributed by atoms with Gasteiger partial charge in [0, 0.05) is 0 Å². The van der Waals surface area contributed by atoms with Gasteiger partial charge in [0.15, 0.2) is 0 Å². The van der Waals surface area contributed by atoms with Gasteiger partial charge in [-0.25, -0.2) is 4.79 Å². The lowest BCUT2D eigenvalue weighted by molar-refractivity contribution is -0.190. The van der Waals surface area contributed by atoms with E-state index in [0.29, 0.717) is 5.75 Å². The molecule has 0 aromatic heterocycles. The summed E-state index contributed by atoms with van der Waals surface area (Å²) < 4.78 is 14.9. The van der Waals surface area contributed by atoms with Crippen molar-refractivity contribution < 1.29 is 23.8 Å². The molecule has 1 rings (SSSR count). The van der Waals surface area contributed by atoms with Gasteiger partial charge in [0.1, 0.15) is 5.75 Å². The monoisotopic (exact) mass is 265 g/mol. The Labute approximate surface area is 112 Å². The van der Waals surface area contributed by atoms with E-state index in [1.54, 1.807) is 45.0 Å². The minimum atomic E-state index is -1.42. The van der Waals surface area contributed by atoms with Crippen molar-refractivity contribution >= 4 is 11.9 Å². The predicted octanol–water partition coefficient (Wildman–Crippen LogP) is 1.95. The number of benzene rings is 1. The second-order valence-electron chi connectivity index (χ2n) is 4.86. The third-order valence-corrected chi connectivity index (χ3v) is 2.15. The first-order valence-electron chi connectivity index (χ1n) is 5.76. The Morgan fingerprint density at radius 2 is 1.79 bits per heavy atom. The summed E-state index contributed by atoms with van der Waals surface area (Å²) in [4.78, 5) is 23.3. The van der Waals surface area contributed by atoms with Gasteiger partial charge in [0.2, 0.25) is 0 Å². The van der Waals surface area contributed by atoms with Gasteiger partial charge in [0.05, 0.1) is 12.5 Å². The molecule has 0 saturated heterocycles. The molecule has 103 valence electrons. The molecule has 5 nitrogen and oxygen atoms in total. The Morgan fingerprint density at radius 3 is 2.26 bits per heavy atom. The zero-order valence-corrected chi connectivity index (χ0v) is 11.4. The highest BCUT2D eigenvalue weighted by atomic mass is 16.7. The first kappa shape index (κ1) is 15.0. The van der Waals surface area contributed by atoms with Crippen molar-refractivity contribution in [2.75, 3.05) is 7.11 Å². The summed E-state index contributed by atoms with van der Waals surface area (Å²) in [6, 6.07) is 9.25. The molecule has 1 radical (unpaired) electrons. The van der Waals surface area contributed by atoms with Crippen LogP contribution in [0, 0.1) is 11.5 Å². The van der Waals surface area contributed by atoms with Crippen molar-refractivity contribution in [1.82, 2.24) is 0 Å². The van der Waals surface area contributed by atoms with Gasteiger partial charge in [0.25, 0.3) is 0 Å². The molecule has 0 N–H and O–H groups in total. The van der Waals surface area contributed by atoms with E-state index >= 15 is 0 Å². The molecule has 0 aliphatic rings. The summed E-state index contributed by atoms with van der Waals surface area (Å²) in [5.41, 5.74) is -0.736. The molecule has 0 aliphatic carbocycles. The molecule has 0 saturated carbocycles. The zero-order chi connectivity index (χ0) is 14.5. The van der Waals surface area contributed by atoms with Gasteiger partial charge >= 0.3 is 18.2 Å². The van der Waals surface area contributed by atoms with E-state index in [4.69, 9.17) is 9.47 Å². The van der Waals surface area contributed by atoms with E-state index in [-0.39, 0.29) is 0 Å². The molecule has 0 bridgehead atoms. The fourth-order valence-corrected chi connectivity index (χ4v) is 1.06. The fraction of sp³-hybridized carbons (Fsp3) is 0.429. The number of esters is 2. The second-order valence-corrected chi connectivity index (χ2v) is 4.86. The first-order chi connectivity index (χ1) is 8.84. The third kappa shape index (κ3) is 4.62. The van der Waals surface area contributed by atoms with E-state index < -0.39 is 23.6 Å². The van der Waals surface area contributed by atoms with Crippen LogP contribution < -0.4 is 4.74 Å². The number of rotatable bonds is 4. The van der Waals surface area contributed by atoms with E-state index in [0.717, 1.165) is 0 Å². The third-order valence-electron chi connectivity index (χ3n) is 2.15. The van der Waals surface area contributed by atoms with Crippen LogP contribution in [-0.4, -0.2) is 25.3 Å². The molecule has 0 amide bonds. The van der Waals surface area contributed by atoms with E-state index in [1.807, 2.05) is 0 Å². The van der Waals surface area contributed by atoms with Crippen molar-refractivity contribution in [3.05, 3.63) is 30.3 Å². The Kier molecular flexibility index (Phi) is 4.92. The van der Waals surface area contributed by atoms with Crippen LogP contribution in [0.5, 0.6) is 5.75 Å². The predicted molar refractivity (Wildman–Crippen MR) is 67.3 cm³/mol. The van der Waals surface area contributed by atoms with Crippen LogP contribution in [-0.2, 0) is 19.1 Å². The lowest BCUT2D eigenvalue weighted by atomic mass is 9.97. The van der Waals surface area contributed by atoms with Crippen LogP contribution >= 0.6 is 0 Å². The molecule has 0 fully saturated rings. The molecular weight excluding hydrogens is 248 g/mol. The molecule has 1 aromatic carbocycles. The van der Waals surface area contributed by atoms with Gasteiger partial charge in [-0.05, 0) is 39.0 Å². The van der Waals surface area contributed by atoms with Crippen LogP contribution in [0.15, 0.2) is 24.3 Å². The summed E-state index contributed by atoms with van der Waals surface area (Å²) in [5, 5.41) is 0. The fourth-order valence-electron chi connectivity index (χ4n) is 1.06. The van der Waals surface area contributed by atoms with Crippen molar-refractivity contribution in [3.63, 3.8) is 0 Å². The van der Waals surface area contributed by atoms with Crippen molar-refractivity contribution in [2.24, 2.45) is 5.41 Å². The molecule has 5 heteroatoms. The normalized spacial score (nSPS) is 12.4. The van der Waals surface area contributed by atoms with Crippen LogP contribution in [0.2, 0.25) is 0 Å². The molecule has 0 spiro atoms. The van der Waals surface area contributed by atoms with E-state index in [2.05, 4.69) is 10.8 Å². The van der Waals surface area contributed by atoms with E-state index in [9.17, 15) is 9.59 Å². The van der Waals surface area contributed by atoms with Gasteiger partial charge in [-0.1, -0.05) is 12.1 Å². The molecule has 0 aliphatic heterocycles. The second kappa shape index (κ2) is 6.22. The van der Waals surface area contributed by atoms with Gasteiger partial charge in [-0.2, -0.15) is 0 Å². The lowest BCUT2D eigenvalue weighted by Gasteiger charge is -2.22. The van der Waals surface area contributed by atoms with Crippen molar-refractivity contribution in [2.45, 2.75) is 27.1 Å². The van der Waals surface area contributed by atoms with Gasteiger partial charge in [-0.3, -0.25) is 4.79 Å². The lowest BCUT2D eigenvalue weighted by Crippen LogP contribution is -2.37. The Balaban J connectivity index is 2.79. The topological polar surface area (TPSA) is 61.8 Å². The number of hydrogen-bond acceptors (Lipinski definition) is 5. The number of carbonyl (C=O) groups is 2. The maximum atomic E-state index is 11.8. The largest absolute Gasteiger partial charge is 0.463 e. The van der Waals surface area contributed by atoms with Crippen molar-refractivity contribution in [3.8, 4) is 5.75 Å². The Morgan fingerprint density at radius 1 is 1.21 bits per heavy atom. The van der Waals surface area contributed by atoms with Crippen LogP contribution in [0.1, 0.15) is 20.8 Å². The quantitative estimate of drug-likeness (QED) is 0.615. The number of ether oxygens (including phenoxy) is 3. The SMILES string of the molecule is COC(=O)C(OC(=O)C(C)(C)C)Oc1cc[c]cc1. The summed E-state index contributed by atoms with van der Waals surface area (Å²) in [6.07, 6.45) is -1.42. The zero-order valence-electron chi connectivity index (χ0n) is 11.4. The molecule has 1 unspecified atom stereocenters. The maximum Gasteiger partial charge on any atom is 0.389 e. The van der Waals surface area contributed by atoms with Crippen LogP contribution in [0.25, 0.3) is 0 Å². The average Bonchev–Trinajstić information content (AvgIpc) is 2.37. The number of carbonyl (C=O) groups excluding carboxylic acids is 2. The maximum absolute atomic E-state index is 11.8. The first-order valence-corrected chi connectivity index (χ1v) is 5.76. The van der Waals surface area contributed by atoms with Crippen LogP contribution in [0.3, 0.4) is 0 Å². The highest BCUT2D eigenvalue weighted by molar-refractivity contribution is 5.81. The average molecular weight is 265 g/mol. The Hall–Kier alpha value is -2.04. The van der Waals surface area contributed by atoms with Crippen molar-refractivity contribution in [1.29, 1.82) is 0 Å². The molecule has 19 heavy (non-hydrogen) atoms. The highest BCUT2D eigenvalue weighted by Crippen LogP contribution is 2.19. The molecule has 0 heterocycles. The Bertz CT molecular complexity index is 433. The molecular formula is C14H17O5. The number of methoxy groups -OCH3 is 1. The molecule has 1 aromatic rings. The smallest absolute Gasteiger partial charge is 0.389 e. The summed E-state index contributed by atoms with van der Waals surface area (Å²) in [5.74, 6) is -0.938. The minimum absolute atomic E-state index is 0.385. The summed E-state index contributed by atoms with van der Waals surface area (Å²) in [6.45, 7) is 5.05. The van der Waals surface area contributed by atoms with E-state index in [1.165, 1.54) is 7.11 Å². The number of hydrogen-bond donors (Lipinski definition) is 0. The summed E-state index contributed by atoms with van der Waals surface area (Å²) >= 11 is 0. The van der Waals surface area contributed by atoms with Gasteiger partial charge in [-0.15, -0.1) is 0 Å². The van der Waals surface area contributed by atoms with Gasteiger partial charge < -0.3 is 14.2 Å². The minimum Gasteiger partial charge on any atom is -0.463 e.